The fourth-order valence-electron chi connectivity index (χ4n) is 3.07. The Labute approximate surface area is 145 Å². The van der Waals surface area contributed by atoms with Gasteiger partial charge in [-0.2, -0.15) is 5.10 Å². The van der Waals surface area contributed by atoms with Crippen LogP contribution in [0.5, 0.6) is 0 Å². The van der Waals surface area contributed by atoms with Crippen LogP contribution in [0, 0.1) is 6.92 Å². The van der Waals surface area contributed by atoms with E-state index >= 15 is 0 Å². The first kappa shape index (κ1) is 15.4. The number of anilines is 1. The molecule has 0 amide bonds. The van der Waals surface area contributed by atoms with E-state index in [1.54, 1.807) is 12.1 Å². The third-order valence-corrected chi connectivity index (χ3v) is 4.47. The first-order valence-corrected chi connectivity index (χ1v) is 8.23. The van der Waals surface area contributed by atoms with Gasteiger partial charge >= 0.3 is 5.69 Å². The first-order valence-electron chi connectivity index (χ1n) is 8.23. The third-order valence-electron chi connectivity index (χ3n) is 4.47. The zero-order valence-electron chi connectivity index (χ0n) is 14.2. The number of hydrazone groups is 1. The van der Waals surface area contributed by atoms with E-state index in [0.29, 0.717) is 12.5 Å². The van der Waals surface area contributed by atoms with E-state index in [9.17, 15) is 4.79 Å². The molecule has 0 aliphatic carbocycles. The Morgan fingerprint density at radius 3 is 2.44 bits per heavy atom. The van der Waals surface area contributed by atoms with E-state index in [1.807, 2.05) is 18.2 Å². The van der Waals surface area contributed by atoms with Gasteiger partial charge in [0.1, 0.15) is 0 Å². The van der Waals surface area contributed by atoms with E-state index in [0.717, 1.165) is 11.3 Å². The number of rotatable bonds is 3. The minimum Gasteiger partial charge on any atom is -0.274 e. The van der Waals surface area contributed by atoms with Crippen molar-refractivity contribution in [3.05, 3.63) is 81.8 Å². The van der Waals surface area contributed by atoms with Crippen molar-refractivity contribution in [2.75, 3.05) is 11.6 Å². The number of hydrogen-bond acceptors (Lipinski definition) is 4. The zero-order chi connectivity index (χ0) is 17.4. The van der Waals surface area contributed by atoms with Gasteiger partial charge in [0.15, 0.2) is 0 Å². The predicted molar refractivity (Wildman–Crippen MR) is 98.1 cm³/mol. The van der Waals surface area contributed by atoms with Crippen molar-refractivity contribution in [1.29, 1.82) is 0 Å². The van der Waals surface area contributed by atoms with Gasteiger partial charge in [-0.15, -0.1) is 5.10 Å². The molecule has 4 rings (SSSR count). The summed E-state index contributed by atoms with van der Waals surface area (Å²) in [6.07, 6.45) is 0. The topological polar surface area (TPSA) is 66.3 Å². The van der Waals surface area contributed by atoms with Crippen molar-refractivity contribution < 1.29 is 0 Å². The van der Waals surface area contributed by atoms with Gasteiger partial charge < -0.3 is 0 Å². The van der Waals surface area contributed by atoms with Crippen LogP contribution in [0.15, 0.2) is 64.5 Å². The maximum absolute atomic E-state index is 11.7. The number of hydrogen-bond donors (Lipinski definition) is 1. The second kappa shape index (κ2) is 6.05. The summed E-state index contributed by atoms with van der Waals surface area (Å²) < 4.78 is 1.28. The van der Waals surface area contributed by atoms with Crippen LogP contribution in [-0.2, 0) is 7.05 Å². The van der Waals surface area contributed by atoms with Gasteiger partial charge in [0, 0.05) is 13.0 Å². The SMILES string of the molecule is Cc1ccc(C2=NN(c3nn(C)c(=O)[nH]3)C[C@H]2c2ccccc2)cc1. The minimum absolute atomic E-state index is 0.120. The van der Waals surface area contributed by atoms with Crippen molar-refractivity contribution >= 4 is 11.7 Å². The lowest BCUT2D eigenvalue weighted by Crippen LogP contribution is -2.19. The number of nitrogens with one attached hydrogen (secondary N) is 1. The number of H-pyrrole nitrogens is 1. The largest absolute Gasteiger partial charge is 0.344 e. The Hall–Kier alpha value is -3.15. The highest BCUT2D eigenvalue weighted by molar-refractivity contribution is 6.07. The Bertz CT molecular complexity index is 969. The third kappa shape index (κ3) is 2.87. The highest BCUT2D eigenvalue weighted by Crippen LogP contribution is 2.30. The molecule has 3 aromatic rings. The molecule has 2 heterocycles. The van der Waals surface area contributed by atoms with Gasteiger partial charge in [0.25, 0.3) is 0 Å². The second-order valence-corrected chi connectivity index (χ2v) is 6.27. The Kier molecular flexibility index (Phi) is 3.72. The second-order valence-electron chi connectivity index (χ2n) is 6.27. The number of aromatic amines is 1. The highest BCUT2D eigenvalue weighted by Gasteiger charge is 2.31. The molecule has 126 valence electrons. The van der Waals surface area contributed by atoms with E-state index in [2.05, 4.69) is 53.4 Å². The molecule has 2 aromatic carbocycles. The predicted octanol–water partition coefficient (Wildman–Crippen LogP) is 2.42. The van der Waals surface area contributed by atoms with Crippen molar-refractivity contribution in [1.82, 2.24) is 14.8 Å². The molecule has 0 saturated heterocycles. The van der Waals surface area contributed by atoms with Crippen LogP contribution in [0.1, 0.15) is 22.6 Å². The molecule has 1 aromatic heterocycles. The molecule has 0 bridgehead atoms. The molecular formula is C19H19N5O. The van der Waals surface area contributed by atoms with Crippen molar-refractivity contribution in [3.63, 3.8) is 0 Å². The highest BCUT2D eigenvalue weighted by atomic mass is 16.2. The van der Waals surface area contributed by atoms with Crippen LogP contribution in [0.3, 0.4) is 0 Å². The van der Waals surface area contributed by atoms with Gasteiger partial charge in [-0.05, 0) is 18.1 Å². The molecule has 25 heavy (non-hydrogen) atoms. The zero-order valence-corrected chi connectivity index (χ0v) is 14.2. The number of aryl methyl sites for hydroxylation is 2. The van der Waals surface area contributed by atoms with Gasteiger partial charge in [-0.25, -0.2) is 14.5 Å². The summed E-state index contributed by atoms with van der Waals surface area (Å²) in [5.41, 5.74) is 4.23. The monoisotopic (exact) mass is 333 g/mol. The Balaban J connectivity index is 1.77. The fraction of sp³-hybridized carbons (Fsp3) is 0.211. The standard InChI is InChI=1S/C19H19N5O/c1-13-8-10-15(11-9-13)17-16(14-6-4-3-5-7-14)12-24(21-17)18-20-19(25)23(2)22-18/h3-11,16H,12H2,1-2H3,(H,20,22,25)/t16-/m0/s1. The summed E-state index contributed by atoms with van der Waals surface area (Å²) in [4.78, 5) is 14.5. The molecule has 0 spiro atoms. The molecule has 0 unspecified atom stereocenters. The molecule has 6 heteroatoms. The lowest BCUT2D eigenvalue weighted by Gasteiger charge is -2.14. The minimum atomic E-state index is -0.245. The van der Waals surface area contributed by atoms with Crippen LogP contribution >= 0.6 is 0 Å². The van der Waals surface area contributed by atoms with Crippen LogP contribution in [-0.4, -0.2) is 27.0 Å². The fourth-order valence-corrected chi connectivity index (χ4v) is 3.07. The van der Waals surface area contributed by atoms with Crippen LogP contribution in [0.4, 0.5) is 5.95 Å². The van der Waals surface area contributed by atoms with Crippen LogP contribution < -0.4 is 10.7 Å². The molecule has 0 saturated carbocycles. The summed E-state index contributed by atoms with van der Waals surface area (Å²) in [5, 5.41) is 10.8. The van der Waals surface area contributed by atoms with Crippen molar-refractivity contribution in [2.24, 2.45) is 12.1 Å². The van der Waals surface area contributed by atoms with Gasteiger partial charge in [-0.1, -0.05) is 60.2 Å². The number of aromatic nitrogens is 3. The lowest BCUT2D eigenvalue weighted by molar-refractivity contribution is 0.723. The summed E-state index contributed by atoms with van der Waals surface area (Å²) >= 11 is 0. The summed E-state index contributed by atoms with van der Waals surface area (Å²) in [6.45, 7) is 2.71. The van der Waals surface area contributed by atoms with Crippen LogP contribution in [0.25, 0.3) is 0 Å². The lowest BCUT2D eigenvalue weighted by atomic mass is 9.90. The van der Waals surface area contributed by atoms with E-state index in [1.165, 1.54) is 15.8 Å². The summed E-state index contributed by atoms with van der Waals surface area (Å²) in [6, 6.07) is 18.7. The maximum Gasteiger partial charge on any atom is 0.344 e. The molecule has 1 N–H and O–H groups in total. The summed E-state index contributed by atoms with van der Waals surface area (Å²) in [7, 11) is 1.62. The normalized spacial score (nSPS) is 17.0. The van der Waals surface area contributed by atoms with Crippen molar-refractivity contribution in [3.8, 4) is 0 Å². The van der Waals surface area contributed by atoms with Gasteiger partial charge in [-0.3, -0.25) is 4.98 Å². The Morgan fingerprint density at radius 2 is 1.80 bits per heavy atom. The molecule has 6 nitrogen and oxygen atoms in total. The van der Waals surface area contributed by atoms with E-state index in [-0.39, 0.29) is 11.6 Å². The molecule has 0 radical (unpaired) electrons. The Morgan fingerprint density at radius 1 is 1.08 bits per heavy atom. The summed E-state index contributed by atoms with van der Waals surface area (Å²) in [5.74, 6) is 0.588. The average molecular weight is 333 g/mol. The smallest absolute Gasteiger partial charge is 0.274 e. The van der Waals surface area contributed by atoms with E-state index in [4.69, 9.17) is 5.10 Å². The molecule has 0 fully saturated rings. The molecule has 1 aliphatic rings. The van der Waals surface area contributed by atoms with Gasteiger partial charge in [0.05, 0.1) is 12.3 Å². The molecular weight excluding hydrogens is 314 g/mol. The maximum atomic E-state index is 11.7. The quantitative estimate of drug-likeness (QED) is 0.800. The molecule has 1 atom stereocenters. The van der Waals surface area contributed by atoms with Crippen LogP contribution in [0.2, 0.25) is 0 Å². The first-order chi connectivity index (χ1) is 12.1. The average Bonchev–Trinajstić information content (AvgIpc) is 3.21. The van der Waals surface area contributed by atoms with E-state index < -0.39 is 0 Å². The van der Waals surface area contributed by atoms with Crippen molar-refractivity contribution in [2.45, 2.75) is 12.8 Å². The molecule has 1 aliphatic heterocycles. The number of nitrogens with zero attached hydrogens (tertiary/aromatic N) is 4. The number of benzene rings is 2. The van der Waals surface area contributed by atoms with Gasteiger partial charge in [0.2, 0.25) is 5.95 Å².